The maximum Gasteiger partial charge on any atom is 0.195 e. The van der Waals surface area contributed by atoms with E-state index in [1.54, 1.807) is 11.3 Å². The highest BCUT2D eigenvalue weighted by atomic mass is 32.1. The van der Waals surface area contributed by atoms with E-state index in [1.807, 2.05) is 54.1 Å². The van der Waals surface area contributed by atoms with Crippen LogP contribution in [0.15, 0.2) is 66.2 Å². The van der Waals surface area contributed by atoms with E-state index in [-0.39, 0.29) is 0 Å². The van der Waals surface area contributed by atoms with Crippen molar-refractivity contribution in [3.8, 4) is 5.13 Å². The fourth-order valence-corrected chi connectivity index (χ4v) is 3.08. The van der Waals surface area contributed by atoms with Gasteiger partial charge in [0.25, 0.3) is 0 Å². The van der Waals surface area contributed by atoms with Crippen LogP contribution >= 0.6 is 11.3 Å². The molecule has 22 heavy (non-hydrogen) atoms. The first kappa shape index (κ1) is 13.0. The molecule has 0 saturated heterocycles. The monoisotopic (exact) mass is 303 g/mol. The van der Waals surface area contributed by atoms with E-state index in [0.29, 0.717) is 0 Å². The molecule has 0 aliphatic carbocycles. The third-order valence-corrected chi connectivity index (χ3v) is 4.18. The van der Waals surface area contributed by atoms with Crippen LogP contribution in [-0.4, -0.2) is 14.5 Å². The normalized spacial score (nSPS) is 11.5. The number of rotatable bonds is 3. The quantitative estimate of drug-likeness (QED) is 0.551. The summed E-state index contributed by atoms with van der Waals surface area (Å²) in [5.74, 6) is 0.889. The van der Waals surface area contributed by atoms with E-state index in [0.717, 1.165) is 27.6 Å². The zero-order valence-corrected chi connectivity index (χ0v) is 12.6. The van der Waals surface area contributed by atoms with Gasteiger partial charge in [0.2, 0.25) is 0 Å². The zero-order chi connectivity index (χ0) is 14.8. The first-order chi connectivity index (χ1) is 10.9. The fourth-order valence-electron chi connectivity index (χ4n) is 2.42. The maximum atomic E-state index is 4.73. The SMILES string of the molecule is C(=C\c1nc2ccccc2n1-c1nccs1)/c1ccccc1. The molecule has 0 bridgehead atoms. The standard InChI is InChI=1S/C18H13N3S/c1-2-6-14(7-3-1)10-11-17-20-15-8-4-5-9-16(15)21(17)18-19-12-13-22-18/h1-13H/b11-10+. The Labute approximate surface area is 132 Å². The molecule has 2 aromatic carbocycles. The highest BCUT2D eigenvalue weighted by Crippen LogP contribution is 2.24. The molecule has 0 spiro atoms. The van der Waals surface area contributed by atoms with Crippen LogP contribution in [0.25, 0.3) is 28.3 Å². The van der Waals surface area contributed by atoms with Gasteiger partial charge >= 0.3 is 0 Å². The van der Waals surface area contributed by atoms with Gasteiger partial charge in [0, 0.05) is 11.6 Å². The summed E-state index contributed by atoms with van der Waals surface area (Å²) in [5.41, 5.74) is 3.20. The number of para-hydroxylation sites is 2. The van der Waals surface area contributed by atoms with Gasteiger partial charge in [-0.3, -0.25) is 4.57 Å². The van der Waals surface area contributed by atoms with Crippen LogP contribution < -0.4 is 0 Å². The molecular weight excluding hydrogens is 290 g/mol. The summed E-state index contributed by atoms with van der Waals surface area (Å²) in [5, 5.41) is 2.91. The van der Waals surface area contributed by atoms with E-state index in [1.165, 1.54) is 0 Å². The Morgan fingerprint density at radius 1 is 0.909 bits per heavy atom. The van der Waals surface area contributed by atoms with Crippen molar-refractivity contribution in [3.63, 3.8) is 0 Å². The van der Waals surface area contributed by atoms with Crippen molar-refractivity contribution in [1.29, 1.82) is 0 Å². The molecule has 2 aromatic heterocycles. The molecule has 0 aliphatic heterocycles. The molecule has 4 rings (SSSR count). The molecule has 4 heteroatoms. The third-order valence-electron chi connectivity index (χ3n) is 3.42. The number of fused-ring (bicyclic) bond motifs is 1. The topological polar surface area (TPSA) is 30.7 Å². The lowest BCUT2D eigenvalue weighted by Gasteiger charge is -2.02. The van der Waals surface area contributed by atoms with Crippen LogP contribution in [0.4, 0.5) is 0 Å². The van der Waals surface area contributed by atoms with E-state index in [2.05, 4.69) is 33.8 Å². The predicted molar refractivity (Wildman–Crippen MR) is 92.1 cm³/mol. The Kier molecular flexibility index (Phi) is 3.29. The largest absolute Gasteiger partial charge is 0.268 e. The molecule has 0 saturated carbocycles. The second-order valence-electron chi connectivity index (χ2n) is 4.85. The molecule has 2 heterocycles. The summed E-state index contributed by atoms with van der Waals surface area (Å²) in [6.45, 7) is 0. The van der Waals surface area contributed by atoms with Gasteiger partial charge in [-0.25, -0.2) is 9.97 Å². The van der Waals surface area contributed by atoms with Gasteiger partial charge in [-0.05, 0) is 23.8 Å². The van der Waals surface area contributed by atoms with Crippen molar-refractivity contribution in [2.45, 2.75) is 0 Å². The summed E-state index contributed by atoms with van der Waals surface area (Å²) < 4.78 is 2.10. The Bertz CT molecular complexity index is 922. The number of aromatic nitrogens is 3. The summed E-state index contributed by atoms with van der Waals surface area (Å²) in [6.07, 6.45) is 5.93. The zero-order valence-electron chi connectivity index (χ0n) is 11.8. The lowest BCUT2D eigenvalue weighted by Crippen LogP contribution is -1.95. The first-order valence-electron chi connectivity index (χ1n) is 7.02. The molecule has 0 aliphatic rings. The number of imidazole rings is 1. The van der Waals surface area contributed by atoms with Gasteiger partial charge in [-0.15, -0.1) is 11.3 Å². The molecule has 0 N–H and O–H groups in total. The minimum atomic E-state index is 0.889. The first-order valence-corrected chi connectivity index (χ1v) is 7.90. The van der Waals surface area contributed by atoms with Crippen LogP contribution in [0.5, 0.6) is 0 Å². The number of hydrogen-bond donors (Lipinski definition) is 0. The fraction of sp³-hybridized carbons (Fsp3) is 0. The average Bonchev–Trinajstić information content (AvgIpc) is 3.20. The second kappa shape index (κ2) is 5.58. The van der Waals surface area contributed by atoms with Gasteiger partial charge in [-0.1, -0.05) is 48.5 Å². The van der Waals surface area contributed by atoms with Crippen LogP contribution in [0.1, 0.15) is 11.4 Å². The Morgan fingerprint density at radius 2 is 1.73 bits per heavy atom. The van der Waals surface area contributed by atoms with Crippen LogP contribution in [0.2, 0.25) is 0 Å². The molecule has 0 radical (unpaired) electrons. The van der Waals surface area contributed by atoms with Crippen LogP contribution in [0.3, 0.4) is 0 Å². The third kappa shape index (κ3) is 2.34. The van der Waals surface area contributed by atoms with Crippen molar-refractivity contribution in [3.05, 3.63) is 77.6 Å². The molecule has 0 fully saturated rings. The minimum Gasteiger partial charge on any atom is -0.268 e. The highest BCUT2D eigenvalue weighted by molar-refractivity contribution is 7.12. The lowest BCUT2D eigenvalue weighted by atomic mass is 10.2. The maximum absolute atomic E-state index is 4.73. The van der Waals surface area contributed by atoms with Gasteiger partial charge < -0.3 is 0 Å². The Morgan fingerprint density at radius 3 is 2.55 bits per heavy atom. The summed E-state index contributed by atoms with van der Waals surface area (Å²) >= 11 is 1.61. The van der Waals surface area contributed by atoms with Gasteiger partial charge in [0.15, 0.2) is 5.13 Å². The van der Waals surface area contributed by atoms with Crippen LogP contribution in [0, 0.1) is 0 Å². The number of thiazole rings is 1. The summed E-state index contributed by atoms with van der Waals surface area (Å²) in [7, 11) is 0. The molecule has 106 valence electrons. The minimum absolute atomic E-state index is 0.889. The van der Waals surface area contributed by atoms with Crippen molar-refractivity contribution < 1.29 is 0 Å². The van der Waals surface area contributed by atoms with Crippen molar-refractivity contribution in [2.24, 2.45) is 0 Å². The number of benzene rings is 2. The highest BCUT2D eigenvalue weighted by Gasteiger charge is 2.11. The van der Waals surface area contributed by atoms with E-state index in [4.69, 9.17) is 4.98 Å². The van der Waals surface area contributed by atoms with Crippen molar-refractivity contribution in [2.75, 3.05) is 0 Å². The molecule has 0 unspecified atom stereocenters. The lowest BCUT2D eigenvalue weighted by molar-refractivity contribution is 1.04. The van der Waals surface area contributed by atoms with E-state index >= 15 is 0 Å². The van der Waals surface area contributed by atoms with Gasteiger partial charge in [0.1, 0.15) is 5.82 Å². The molecule has 0 amide bonds. The second-order valence-corrected chi connectivity index (χ2v) is 5.73. The Hall–Kier alpha value is -2.72. The molecule has 4 aromatic rings. The van der Waals surface area contributed by atoms with Gasteiger partial charge in [-0.2, -0.15) is 0 Å². The van der Waals surface area contributed by atoms with E-state index in [9.17, 15) is 0 Å². The van der Waals surface area contributed by atoms with E-state index < -0.39 is 0 Å². The molecule has 0 atom stereocenters. The summed E-state index contributed by atoms with van der Waals surface area (Å²) in [6, 6.07) is 18.4. The summed E-state index contributed by atoms with van der Waals surface area (Å²) in [4.78, 5) is 9.16. The van der Waals surface area contributed by atoms with Crippen molar-refractivity contribution in [1.82, 2.24) is 14.5 Å². The smallest absolute Gasteiger partial charge is 0.195 e. The number of nitrogens with zero attached hydrogens (tertiary/aromatic N) is 3. The van der Waals surface area contributed by atoms with Crippen LogP contribution in [-0.2, 0) is 0 Å². The van der Waals surface area contributed by atoms with Crippen molar-refractivity contribution >= 4 is 34.5 Å². The molecular formula is C18H13N3S. The predicted octanol–water partition coefficient (Wildman–Crippen LogP) is 4.65. The molecule has 3 nitrogen and oxygen atoms in total. The Balaban J connectivity index is 1.87. The number of hydrogen-bond acceptors (Lipinski definition) is 3. The van der Waals surface area contributed by atoms with Gasteiger partial charge in [0.05, 0.1) is 11.0 Å². The average molecular weight is 303 g/mol.